The molecule has 4 nitrogen and oxygen atoms in total. The number of carboxylic acids is 1. The molecule has 0 amide bonds. The number of hydrogen-bond donors (Lipinski definition) is 2. The summed E-state index contributed by atoms with van der Waals surface area (Å²) in [4.78, 5) is 14.8. The van der Waals surface area contributed by atoms with E-state index >= 15 is 0 Å². The SMILES string of the molecule is O=C(O)c1ccc(C2CC2)c(SNc2cc(-c3ccns3)ccc2-c2cccs2)c1. The maximum absolute atomic E-state index is 11.5. The van der Waals surface area contributed by atoms with Gasteiger partial charge >= 0.3 is 5.97 Å². The molecule has 7 heteroatoms. The Balaban J connectivity index is 1.50. The van der Waals surface area contributed by atoms with E-state index in [4.69, 9.17) is 0 Å². The predicted octanol–water partition coefficient (Wildman–Crippen LogP) is 7.23. The number of rotatable bonds is 7. The summed E-state index contributed by atoms with van der Waals surface area (Å²) in [7, 11) is 0. The Bertz CT molecular complexity index is 1180. The average molecular weight is 451 g/mol. The van der Waals surface area contributed by atoms with Crippen molar-refractivity contribution in [2.75, 3.05) is 4.72 Å². The number of thiophene rings is 1. The molecule has 0 aliphatic heterocycles. The highest BCUT2D eigenvalue weighted by Crippen LogP contribution is 2.45. The van der Waals surface area contributed by atoms with Gasteiger partial charge in [0.05, 0.1) is 16.1 Å². The Hall–Kier alpha value is -2.61. The van der Waals surface area contributed by atoms with E-state index in [9.17, 15) is 9.90 Å². The van der Waals surface area contributed by atoms with Gasteiger partial charge in [-0.05, 0) is 89.1 Å². The summed E-state index contributed by atoms with van der Waals surface area (Å²) in [5.74, 6) is -0.358. The van der Waals surface area contributed by atoms with Crippen LogP contribution in [0.4, 0.5) is 5.69 Å². The summed E-state index contributed by atoms with van der Waals surface area (Å²) in [6.07, 6.45) is 4.15. The Morgan fingerprint density at radius 3 is 2.70 bits per heavy atom. The third kappa shape index (κ3) is 4.01. The van der Waals surface area contributed by atoms with Gasteiger partial charge in [-0.25, -0.2) is 9.17 Å². The molecule has 4 aromatic rings. The summed E-state index contributed by atoms with van der Waals surface area (Å²) < 4.78 is 7.74. The second-order valence-electron chi connectivity index (χ2n) is 7.15. The van der Waals surface area contributed by atoms with Crippen LogP contribution in [0.2, 0.25) is 0 Å². The molecule has 0 saturated heterocycles. The number of nitrogens with one attached hydrogen (secondary N) is 1. The molecule has 0 atom stereocenters. The van der Waals surface area contributed by atoms with Crippen molar-refractivity contribution in [1.82, 2.24) is 4.37 Å². The van der Waals surface area contributed by atoms with E-state index in [0.29, 0.717) is 11.5 Å². The Kier molecular flexibility index (Phi) is 5.33. The average Bonchev–Trinajstić information content (AvgIpc) is 3.21. The highest BCUT2D eigenvalue weighted by molar-refractivity contribution is 8.00. The normalized spacial score (nSPS) is 13.3. The van der Waals surface area contributed by atoms with Gasteiger partial charge in [0.2, 0.25) is 0 Å². The first-order valence-corrected chi connectivity index (χ1v) is 12.0. The summed E-state index contributed by atoms with van der Waals surface area (Å²) >= 11 is 4.67. The van der Waals surface area contributed by atoms with Gasteiger partial charge < -0.3 is 9.83 Å². The number of benzene rings is 2. The highest BCUT2D eigenvalue weighted by Gasteiger charge is 2.27. The van der Waals surface area contributed by atoms with E-state index < -0.39 is 5.97 Å². The Morgan fingerprint density at radius 2 is 2.00 bits per heavy atom. The largest absolute Gasteiger partial charge is 0.478 e. The van der Waals surface area contributed by atoms with Crippen LogP contribution in [0.1, 0.15) is 34.7 Å². The molecule has 0 bridgehead atoms. The van der Waals surface area contributed by atoms with Gasteiger partial charge in [0.25, 0.3) is 0 Å². The zero-order valence-corrected chi connectivity index (χ0v) is 18.3. The number of hydrogen-bond acceptors (Lipinski definition) is 6. The smallest absolute Gasteiger partial charge is 0.335 e. The minimum Gasteiger partial charge on any atom is -0.478 e. The first-order chi connectivity index (χ1) is 14.7. The van der Waals surface area contributed by atoms with Crippen molar-refractivity contribution in [1.29, 1.82) is 0 Å². The third-order valence-electron chi connectivity index (χ3n) is 5.08. The van der Waals surface area contributed by atoms with Crippen molar-refractivity contribution in [3.8, 4) is 20.9 Å². The van der Waals surface area contributed by atoms with Crippen molar-refractivity contribution in [2.24, 2.45) is 0 Å². The monoisotopic (exact) mass is 450 g/mol. The number of aromatic nitrogens is 1. The minimum atomic E-state index is -0.898. The van der Waals surface area contributed by atoms with Crippen LogP contribution in [0, 0.1) is 0 Å². The predicted molar refractivity (Wildman–Crippen MR) is 126 cm³/mol. The van der Waals surface area contributed by atoms with Crippen LogP contribution in [-0.2, 0) is 0 Å². The molecular formula is C23H18N2O2S3. The van der Waals surface area contributed by atoms with Gasteiger partial charge in [0.15, 0.2) is 0 Å². The fraction of sp³-hybridized carbons (Fsp3) is 0.130. The first kappa shape index (κ1) is 19.4. The van der Waals surface area contributed by atoms with E-state index in [0.717, 1.165) is 26.6 Å². The van der Waals surface area contributed by atoms with Gasteiger partial charge in [0, 0.05) is 21.5 Å². The standard InChI is InChI=1S/C23H18N2O2S3/c26-23(27)16-6-7-17(14-3-4-14)22(13-16)30-25-19-12-15(20-9-10-24-29-20)5-8-18(19)21-2-1-11-28-21/h1-2,5-14,25H,3-4H2,(H,26,27). The van der Waals surface area contributed by atoms with Gasteiger partial charge in [-0.2, -0.15) is 0 Å². The zero-order chi connectivity index (χ0) is 20.5. The summed E-state index contributed by atoms with van der Waals surface area (Å²) in [6, 6.07) is 18.1. The van der Waals surface area contributed by atoms with Crippen molar-refractivity contribution in [3.05, 3.63) is 77.3 Å². The van der Waals surface area contributed by atoms with E-state index in [2.05, 4.69) is 44.8 Å². The molecule has 30 heavy (non-hydrogen) atoms. The summed E-state index contributed by atoms with van der Waals surface area (Å²) in [5.41, 5.74) is 4.81. The number of carboxylic acid groups (broad SMARTS) is 1. The molecule has 5 rings (SSSR count). The van der Waals surface area contributed by atoms with E-state index in [1.807, 2.05) is 18.3 Å². The van der Waals surface area contributed by atoms with Crippen molar-refractivity contribution < 1.29 is 9.90 Å². The van der Waals surface area contributed by atoms with Crippen LogP contribution in [0.25, 0.3) is 20.9 Å². The molecule has 1 aliphatic rings. The lowest BCUT2D eigenvalue weighted by atomic mass is 10.1. The Labute approximate surface area is 186 Å². The van der Waals surface area contributed by atoms with E-state index in [1.54, 1.807) is 23.5 Å². The van der Waals surface area contributed by atoms with Crippen LogP contribution in [0.3, 0.4) is 0 Å². The lowest BCUT2D eigenvalue weighted by Gasteiger charge is -2.14. The van der Waals surface area contributed by atoms with Gasteiger partial charge in [-0.1, -0.05) is 24.3 Å². The molecule has 0 radical (unpaired) electrons. The fourth-order valence-corrected chi connectivity index (χ4v) is 5.67. The molecule has 1 fully saturated rings. The topological polar surface area (TPSA) is 62.2 Å². The Morgan fingerprint density at radius 1 is 1.10 bits per heavy atom. The van der Waals surface area contributed by atoms with Crippen LogP contribution in [0.15, 0.2) is 71.1 Å². The van der Waals surface area contributed by atoms with Crippen LogP contribution < -0.4 is 4.72 Å². The van der Waals surface area contributed by atoms with E-state index in [-0.39, 0.29) is 0 Å². The molecule has 0 spiro atoms. The molecule has 150 valence electrons. The number of aromatic carboxylic acids is 1. The number of carbonyl (C=O) groups is 1. The molecule has 2 aromatic carbocycles. The lowest BCUT2D eigenvalue weighted by Crippen LogP contribution is -1.99. The highest BCUT2D eigenvalue weighted by atomic mass is 32.2. The fourth-order valence-electron chi connectivity index (χ4n) is 3.39. The number of anilines is 1. The van der Waals surface area contributed by atoms with Gasteiger partial charge in [-0.3, -0.25) is 0 Å². The maximum Gasteiger partial charge on any atom is 0.335 e. The molecule has 2 N–H and O–H groups in total. The summed E-state index contributed by atoms with van der Waals surface area (Å²) in [5, 5.41) is 11.5. The minimum absolute atomic E-state index is 0.320. The molecule has 1 saturated carbocycles. The molecular weight excluding hydrogens is 432 g/mol. The van der Waals surface area contributed by atoms with Crippen molar-refractivity contribution in [2.45, 2.75) is 23.7 Å². The molecule has 1 aliphatic carbocycles. The van der Waals surface area contributed by atoms with Crippen molar-refractivity contribution >= 4 is 46.5 Å². The van der Waals surface area contributed by atoms with Crippen LogP contribution >= 0.6 is 34.8 Å². The van der Waals surface area contributed by atoms with Crippen LogP contribution in [-0.4, -0.2) is 15.4 Å². The van der Waals surface area contributed by atoms with Gasteiger partial charge in [-0.15, -0.1) is 11.3 Å². The second-order valence-corrected chi connectivity index (χ2v) is 9.78. The zero-order valence-electron chi connectivity index (χ0n) is 15.9. The molecule has 0 unspecified atom stereocenters. The second kappa shape index (κ2) is 8.26. The molecule has 2 heterocycles. The third-order valence-corrected chi connectivity index (χ3v) is 7.67. The number of nitrogens with zero attached hydrogens (tertiary/aromatic N) is 1. The lowest BCUT2D eigenvalue weighted by molar-refractivity contribution is 0.0696. The quantitative estimate of drug-likeness (QED) is 0.291. The molecule has 2 aromatic heterocycles. The van der Waals surface area contributed by atoms with Crippen molar-refractivity contribution in [3.63, 3.8) is 0 Å². The van der Waals surface area contributed by atoms with Crippen LogP contribution in [0.5, 0.6) is 0 Å². The first-order valence-electron chi connectivity index (χ1n) is 9.58. The van der Waals surface area contributed by atoms with Gasteiger partial charge in [0.1, 0.15) is 0 Å². The maximum atomic E-state index is 11.5. The van der Waals surface area contributed by atoms with E-state index in [1.165, 1.54) is 46.8 Å². The summed E-state index contributed by atoms with van der Waals surface area (Å²) in [6.45, 7) is 0.